The van der Waals surface area contributed by atoms with E-state index >= 15 is 0 Å². The van der Waals surface area contributed by atoms with Crippen LogP contribution in [-0.4, -0.2) is 36.0 Å². The molecule has 2 heterocycles. The molecule has 0 aliphatic carbocycles. The zero-order chi connectivity index (χ0) is 16.1. The van der Waals surface area contributed by atoms with Crippen LogP contribution < -0.4 is 5.32 Å². The van der Waals surface area contributed by atoms with Gasteiger partial charge >= 0.3 is 0 Å². The van der Waals surface area contributed by atoms with Crippen molar-refractivity contribution in [3.05, 3.63) is 58.3 Å². The Balaban J connectivity index is 1.67. The Bertz CT molecular complexity index is 658. The predicted octanol–water partition coefficient (Wildman–Crippen LogP) is 1.79. The minimum atomic E-state index is -0.588. The van der Waals surface area contributed by atoms with Crippen LogP contribution in [0.2, 0.25) is 0 Å². The standard InChI is InChI=1S/C17H18N2O3S/c20-16-11-22-10-15(17(21)18-8-14-6-7-23-12-14)19(16)9-13-4-2-1-3-5-13/h1-7,12,15H,8-11H2,(H,18,21)/t15-/m0/s1. The maximum atomic E-state index is 12.5. The molecule has 23 heavy (non-hydrogen) atoms. The van der Waals surface area contributed by atoms with E-state index in [1.165, 1.54) is 0 Å². The third-order valence-corrected chi connectivity index (χ3v) is 4.48. The second-order valence-corrected chi connectivity index (χ2v) is 6.17. The number of ether oxygens (including phenoxy) is 1. The largest absolute Gasteiger partial charge is 0.369 e. The molecule has 2 amide bonds. The summed E-state index contributed by atoms with van der Waals surface area (Å²) in [6.45, 7) is 1.14. The SMILES string of the molecule is O=C(NCc1ccsc1)[C@@H]1COCC(=O)N1Cc1ccccc1. The summed E-state index contributed by atoms with van der Waals surface area (Å²) in [4.78, 5) is 26.2. The third-order valence-electron chi connectivity index (χ3n) is 3.74. The van der Waals surface area contributed by atoms with Crippen molar-refractivity contribution in [2.24, 2.45) is 0 Å². The average molecular weight is 330 g/mol. The first kappa shape index (κ1) is 15.7. The number of morpholine rings is 1. The number of hydrogen-bond donors (Lipinski definition) is 1. The number of rotatable bonds is 5. The monoisotopic (exact) mass is 330 g/mol. The van der Waals surface area contributed by atoms with Crippen molar-refractivity contribution in [1.82, 2.24) is 10.2 Å². The fourth-order valence-electron chi connectivity index (χ4n) is 2.50. The van der Waals surface area contributed by atoms with Crippen molar-refractivity contribution in [3.8, 4) is 0 Å². The number of thiophene rings is 1. The lowest BCUT2D eigenvalue weighted by Gasteiger charge is -2.34. The Morgan fingerprint density at radius 3 is 2.83 bits per heavy atom. The van der Waals surface area contributed by atoms with Crippen LogP contribution in [0.4, 0.5) is 0 Å². The normalized spacial score (nSPS) is 18.0. The van der Waals surface area contributed by atoms with Gasteiger partial charge in [0.05, 0.1) is 6.61 Å². The van der Waals surface area contributed by atoms with E-state index in [0.29, 0.717) is 13.1 Å². The smallest absolute Gasteiger partial charge is 0.249 e. The van der Waals surface area contributed by atoms with E-state index in [-0.39, 0.29) is 25.0 Å². The predicted molar refractivity (Wildman–Crippen MR) is 87.8 cm³/mol. The van der Waals surface area contributed by atoms with Gasteiger partial charge in [-0.05, 0) is 28.0 Å². The molecule has 1 fully saturated rings. The highest BCUT2D eigenvalue weighted by molar-refractivity contribution is 7.07. The molecule has 3 rings (SSSR count). The maximum absolute atomic E-state index is 12.5. The minimum absolute atomic E-state index is 0.0289. The molecule has 1 aromatic heterocycles. The summed E-state index contributed by atoms with van der Waals surface area (Å²) in [5.41, 5.74) is 2.05. The molecule has 120 valence electrons. The van der Waals surface area contributed by atoms with Crippen molar-refractivity contribution >= 4 is 23.2 Å². The maximum Gasteiger partial charge on any atom is 0.249 e. The molecule has 0 bridgehead atoms. The Labute approximate surface area is 138 Å². The van der Waals surface area contributed by atoms with Gasteiger partial charge in [-0.2, -0.15) is 11.3 Å². The van der Waals surface area contributed by atoms with Crippen LogP contribution in [-0.2, 0) is 27.4 Å². The lowest BCUT2D eigenvalue weighted by Crippen LogP contribution is -2.55. The summed E-state index contributed by atoms with van der Waals surface area (Å²) in [6.07, 6.45) is 0. The number of amides is 2. The molecule has 0 unspecified atom stereocenters. The van der Waals surface area contributed by atoms with E-state index < -0.39 is 6.04 Å². The molecule has 0 spiro atoms. The summed E-state index contributed by atoms with van der Waals surface area (Å²) in [5, 5.41) is 6.84. The number of nitrogens with one attached hydrogen (secondary N) is 1. The fraction of sp³-hybridized carbons (Fsp3) is 0.294. The molecular weight excluding hydrogens is 312 g/mol. The van der Waals surface area contributed by atoms with Gasteiger partial charge in [0.25, 0.3) is 0 Å². The average Bonchev–Trinajstić information content (AvgIpc) is 3.09. The van der Waals surface area contributed by atoms with Crippen molar-refractivity contribution in [2.45, 2.75) is 19.1 Å². The van der Waals surface area contributed by atoms with Gasteiger partial charge in [0.2, 0.25) is 11.8 Å². The van der Waals surface area contributed by atoms with Gasteiger partial charge in [-0.1, -0.05) is 30.3 Å². The van der Waals surface area contributed by atoms with E-state index in [1.54, 1.807) is 16.2 Å². The van der Waals surface area contributed by atoms with E-state index in [2.05, 4.69) is 5.32 Å². The number of hydrogen-bond acceptors (Lipinski definition) is 4. The van der Waals surface area contributed by atoms with Crippen molar-refractivity contribution in [1.29, 1.82) is 0 Å². The molecule has 1 N–H and O–H groups in total. The highest BCUT2D eigenvalue weighted by Gasteiger charge is 2.33. The molecule has 1 aliphatic rings. The van der Waals surface area contributed by atoms with E-state index in [4.69, 9.17) is 4.74 Å². The summed E-state index contributed by atoms with van der Waals surface area (Å²) in [6, 6.07) is 11.0. The molecule has 1 atom stereocenters. The first-order valence-corrected chi connectivity index (χ1v) is 8.38. The number of benzene rings is 1. The summed E-state index contributed by atoms with van der Waals surface area (Å²) < 4.78 is 5.27. The number of carbonyl (C=O) groups is 2. The van der Waals surface area contributed by atoms with Crippen LogP contribution in [0.5, 0.6) is 0 Å². The molecule has 1 saturated heterocycles. The second-order valence-electron chi connectivity index (χ2n) is 5.39. The Hall–Kier alpha value is -2.18. The first-order chi connectivity index (χ1) is 11.2. The molecule has 1 aromatic carbocycles. The molecule has 0 saturated carbocycles. The molecule has 2 aromatic rings. The third kappa shape index (κ3) is 3.97. The molecule has 5 nitrogen and oxygen atoms in total. The Kier molecular flexibility index (Phi) is 5.05. The van der Waals surface area contributed by atoms with E-state index in [1.807, 2.05) is 47.2 Å². The summed E-state index contributed by atoms with van der Waals surface area (Å²) >= 11 is 1.59. The van der Waals surface area contributed by atoms with E-state index in [0.717, 1.165) is 11.1 Å². The van der Waals surface area contributed by atoms with Gasteiger partial charge in [0.15, 0.2) is 0 Å². The number of nitrogens with zero attached hydrogens (tertiary/aromatic N) is 1. The van der Waals surface area contributed by atoms with Crippen LogP contribution in [0.1, 0.15) is 11.1 Å². The highest BCUT2D eigenvalue weighted by Crippen LogP contribution is 2.14. The summed E-state index contributed by atoms with van der Waals surface area (Å²) in [5.74, 6) is -0.337. The van der Waals surface area contributed by atoms with Crippen LogP contribution in [0, 0.1) is 0 Å². The number of carbonyl (C=O) groups excluding carboxylic acids is 2. The van der Waals surface area contributed by atoms with Crippen LogP contribution >= 0.6 is 11.3 Å². The van der Waals surface area contributed by atoms with Crippen LogP contribution in [0.3, 0.4) is 0 Å². The molecule has 1 aliphatic heterocycles. The fourth-order valence-corrected chi connectivity index (χ4v) is 3.17. The van der Waals surface area contributed by atoms with Gasteiger partial charge in [0.1, 0.15) is 12.6 Å². The van der Waals surface area contributed by atoms with Crippen LogP contribution in [0.25, 0.3) is 0 Å². The van der Waals surface area contributed by atoms with Crippen LogP contribution in [0.15, 0.2) is 47.2 Å². The Morgan fingerprint density at radius 2 is 2.09 bits per heavy atom. The van der Waals surface area contributed by atoms with E-state index in [9.17, 15) is 9.59 Å². The zero-order valence-corrected chi connectivity index (χ0v) is 13.4. The molecule has 6 heteroatoms. The Morgan fingerprint density at radius 1 is 1.26 bits per heavy atom. The van der Waals surface area contributed by atoms with Gasteiger partial charge in [-0.15, -0.1) is 0 Å². The molecule has 0 radical (unpaired) electrons. The highest BCUT2D eigenvalue weighted by atomic mass is 32.1. The lowest BCUT2D eigenvalue weighted by molar-refractivity contribution is -0.155. The summed E-state index contributed by atoms with van der Waals surface area (Å²) in [7, 11) is 0. The minimum Gasteiger partial charge on any atom is -0.369 e. The van der Waals surface area contributed by atoms with Gasteiger partial charge in [-0.25, -0.2) is 0 Å². The van der Waals surface area contributed by atoms with Gasteiger partial charge in [0, 0.05) is 13.1 Å². The first-order valence-electron chi connectivity index (χ1n) is 7.44. The van der Waals surface area contributed by atoms with Gasteiger partial charge < -0.3 is 15.0 Å². The second kappa shape index (κ2) is 7.39. The van der Waals surface area contributed by atoms with Crippen molar-refractivity contribution in [3.63, 3.8) is 0 Å². The topological polar surface area (TPSA) is 58.6 Å². The lowest BCUT2D eigenvalue weighted by atomic mass is 10.1. The van der Waals surface area contributed by atoms with Gasteiger partial charge in [-0.3, -0.25) is 9.59 Å². The van der Waals surface area contributed by atoms with Crippen molar-refractivity contribution in [2.75, 3.05) is 13.2 Å². The quantitative estimate of drug-likeness (QED) is 0.909. The zero-order valence-electron chi connectivity index (χ0n) is 12.6. The van der Waals surface area contributed by atoms with Crippen molar-refractivity contribution < 1.29 is 14.3 Å². The molecular formula is C17H18N2O3S.